The molecule has 0 bridgehead atoms. The molecule has 0 spiro atoms. The van der Waals surface area contributed by atoms with Gasteiger partial charge in [-0.2, -0.15) is 0 Å². The van der Waals surface area contributed by atoms with Crippen molar-refractivity contribution in [2.75, 3.05) is 7.11 Å². The van der Waals surface area contributed by atoms with Gasteiger partial charge < -0.3 is 9.72 Å². The lowest BCUT2D eigenvalue weighted by atomic mass is 10.1. The van der Waals surface area contributed by atoms with Crippen LogP contribution in [0.25, 0.3) is 11.3 Å². The fourth-order valence-electron chi connectivity index (χ4n) is 1.54. The summed E-state index contributed by atoms with van der Waals surface area (Å²) in [6.45, 7) is 0. The van der Waals surface area contributed by atoms with Gasteiger partial charge in [-0.1, -0.05) is 6.07 Å². The highest BCUT2D eigenvalue weighted by atomic mass is 32.1. The van der Waals surface area contributed by atoms with Gasteiger partial charge in [0.25, 0.3) is 5.56 Å². The summed E-state index contributed by atoms with van der Waals surface area (Å²) in [7, 11) is 1.43. The zero-order chi connectivity index (χ0) is 12.4. The molecule has 0 aliphatic rings. The Morgan fingerprint density at radius 2 is 2.12 bits per heavy atom. The predicted octanol–water partition coefficient (Wildman–Crippen LogP) is 2.25. The number of benzene rings is 1. The summed E-state index contributed by atoms with van der Waals surface area (Å²) in [4.78, 5) is 16.4. The largest absolute Gasteiger partial charge is 0.496 e. The second-order valence-corrected chi connectivity index (χ2v) is 3.73. The highest BCUT2D eigenvalue weighted by Gasteiger charge is 2.12. The normalized spacial score (nSPS) is 10.2. The zero-order valence-corrected chi connectivity index (χ0v) is 9.73. The van der Waals surface area contributed by atoms with Crippen LogP contribution in [0.15, 0.2) is 29.1 Å². The predicted molar refractivity (Wildman–Crippen MR) is 64.2 cm³/mol. The maximum atomic E-state index is 13.7. The van der Waals surface area contributed by atoms with Crippen molar-refractivity contribution >= 4 is 12.2 Å². The monoisotopic (exact) mass is 252 g/mol. The minimum Gasteiger partial charge on any atom is -0.496 e. The van der Waals surface area contributed by atoms with E-state index < -0.39 is 11.4 Å². The summed E-state index contributed by atoms with van der Waals surface area (Å²) >= 11 is 4.84. The Bertz CT molecular complexity index is 635. The van der Waals surface area contributed by atoms with Crippen LogP contribution in [0.5, 0.6) is 5.75 Å². The Morgan fingerprint density at radius 1 is 1.35 bits per heavy atom. The fraction of sp³-hybridized carbons (Fsp3) is 0.0909. The topological polar surface area (TPSA) is 57.9 Å². The molecule has 0 aliphatic heterocycles. The molecular formula is C11H9FN2O2S. The summed E-state index contributed by atoms with van der Waals surface area (Å²) in [6, 6.07) is 5.66. The molecule has 1 aromatic heterocycles. The molecule has 6 heteroatoms. The molecule has 0 amide bonds. The van der Waals surface area contributed by atoms with Crippen LogP contribution in [0.3, 0.4) is 0 Å². The molecule has 88 valence electrons. The van der Waals surface area contributed by atoms with Crippen molar-refractivity contribution in [2.24, 2.45) is 0 Å². The van der Waals surface area contributed by atoms with Gasteiger partial charge in [-0.05, 0) is 24.4 Å². The molecule has 0 atom stereocenters. The minimum absolute atomic E-state index is 0.137. The lowest BCUT2D eigenvalue weighted by Gasteiger charge is -2.08. The second-order valence-electron chi connectivity index (χ2n) is 3.32. The standard InChI is InChI=1S/C11H9FN2O2S/c1-16-8-4-2-3-6(12)10(8)7-5-9(15)14-11(17)13-7/h2-5H,1H3,(H2,13,14,15,17). The van der Waals surface area contributed by atoms with Crippen molar-refractivity contribution in [1.29, 1.82) is 0 Å². The molecule has 2 N–H and O–H groups in total. The van der Waals surface area contributed by atoms with Gasteiger partial charge in [0.15, 0.2) is 4.77 Å². The molecule has 0 saturated heterocycles. The molecule has 1 aromatic carbocycles. The Kier molecular flexibility index (Phi) is 3.06. The van der Waals surface area contributed by atoms with Gasteiger partial charge >= 0.3 is 0 Å². The first-order valence-corrected chi connectivity index (χ1v) is 5.19. The average Bonchev–Trinajstić information content (AvgIpc) is 2.27. The number of methoxy groups -OCH3 is 1. The number of nitrogens with one attached hydrogen (secondary N) is 2. The Hall–Kier alpha value is -1.95. The maximum Gasteiger partial charge on any atom is 0.252 e. The van der Waals surface area contributed by atoms with E-state index in [4.69, 9.17) is 17.0 Å². The molecular weight excluding hydrogens is 243 g/mol. The maximum absolute atomic E-state index is 13.7. The van der Waals surface area contributed by atoms with Crippen molar-refractivity contribution in [3.8, 4) is 17.0 Å². The zero-order valence-electron chi connectivity index (χ0n) is 8.91. The van der Waals surface area contributed by atoms with Crippen molar-refractivity contribution in [1.82, 2.24) is 9.97 Å². The van der Waals surface area contributed by atoms with Crippen LogP contribution in [-0.4, -0.2) is 17.1 Å². The molecule has 1 heterocycles. The van der Waals surface area contributed by atoms with E-state index in [-0.39, 0.29) is 16.0 Å². The number of halogens is 1. The summed E-state index contributed by atoms with van der Waals surface area (Å²) in [5.41, 5.74) is 0.0787. The molecule has 0 unspecified atom stereocenters. The molecule has 2 rings (SSSR count). The average molecular weight is 252 g/mol. The third-order valence-corrected chi connectivity index (χ3v) is 2.43. The second kappa shape index (κ2) is 4.50. The van der Waals surface area contributed by atoms with E-state index >= 15 is 0 Å². The van der Waals surface area contributed by atoms with Gasteiger partial charge in [0.05, 0.1) is 18.4 Å². The van der Waals surface area contributed by atoms with Crippen LogP contribution in [0.1, 0.15) is 0 Å². The van der Waals surface area contributed by atoms with Gasteiger partial charge in [-0.25, -0.2) is 4.39 Å². The molecule has 0 fully saturated rings. The number of ether oxygens (including phenoxy) is 1. The number of aromatic amines is 2. The Morgan fingerprint density at radius 3 is 2.76 bits per heavy atom. The summed E-state index contributed by atoms with van der Waals surface area (Å²) in [5, 5.41) is 0. The van der Waals surface area contributed by atoms with Crippen molar-refractivity contribution in [3.05, 3.63) is 45.2 Å². The van der Waals surface area contributed by atoms with E-state index in [1.165, 1.54) is 25.3 Å². The molecule has 2 aromatic rings. The van der Waals surface area contributed by atoms with E-state index in [0.29, 0.717) is 5.75 Å². The van der Waals surface area contributed by atoms with Crippen molar-refractivity contribution < 1.29 is 9.13 Å². The van der Waals surface area contributed by atoms with Gasteiger partial charge in [0.2, 0.25) is 0 Å². The highest BCUT2D eigenvalue weighted by molar-refractivity contribution is 7.71. The van der Waals surface area contributed by atoms with Gasteiger partial charge in [0, 0.05) is 6.07 Å². The number of hydrogen-bond acceptors (Lipinski definition) is 3. The van der Waals surface area contributed by atoms with Gasteiger partial charge in [0.1, 0.15) is 11.6 Å². The summed E-state index contributed by atoms with van der Waals surface area (Å²) in [5.74, 6) is -0.151. The van der Waals surface area contributed by atoms with E-state index in [9.17, 15) is 9.18 Å². The smallest absolute Gasteiger partial charge is 0.252 e. The molecule has 0 radical (unpaired) electrons. The molecule has 4 nitrogen and oxygen atoms in total. The number of hydrogen-bond donors (Lipinski definition) is 2. The van der Waals surface area contributed by atoms with Gasteiger partial charge in [-0.15, -0.1) is 0 Å². The summed E-state index contributed by atoms with van der Waals surface area (Å²) in [6.07, 6.45) is 0. The SMILES string of the molecule is COc1cccc(F)c1-c1cc(=O)[nH]c(=S)[nH]1. The first-order chi connectivity index (χ1) is 8.11. The third kappa shape index (κ3) is 2.26. The number of aromatic nitrogens is 2. The van der Waals surface area contributed by atoms with Crippen LogP contribution in [0.4, 0.5) is 4.39 Å². The fourth-order valence-corrected chi connectivity index (χ4v) is 1.75. The van der Waals surface area contributed by atoms with E-state index in [2.05, 4.69) is 9.97 Å². The first-order valence-electron chi connectivity index (χ1n) is 4.78. The molecule has 17 heavy (non-hydrogen) atoms. The van der Waals surface area contributed by atoms with Crippen LogP contribution in [0, 0.1) is 10.6 Å². The van der Waals surface area contributed by atoms with Crippen LogP contribution < -0.4 is 10.3 Å². The minimum atomic E-state index is -0.486. The third-order valence-electron chi connectivity index (χ3n) is 2.22. The lowest BCUT2D eigenvalue weighted by molar-refractivity contribution is 0.413. The quantitative estimate of drug-likeness (QED) is 0.806. The molecule has 0 aliphatic carbocycles. The van der Waals surface area contributed by atoms with Crippen LogP contribution in [-0.2, 0) is 0 Å². The van der Waals surface area contributed by atoms with E-state index in [1.54, 1.807) is 6.07 Å². The Labute approximate surface area is 101 Å². The highest BCUT2D eigenvalue weighted by Crippen LogP contribution is 2.30. The van der Waals surface area contributed by atoms with Crippen LogP contribution in [0.2, 0.25) is 0 Å². The van der Waals surface area contributed by atoms with Crippen molar-refractivity contribution in [2.45, 2.75) is 0 Å². The van der Waals surface area contributed by atoms with E-state index in [1.807, 2.05) is 0 Å². The molecule has 0 saturated carbocycles. The van der Waals surface area contributed by atoms with Crippen molar-refractivity contribution in [3.63, 3.8) is 0 Å². The van der Waals surface area contributed by atoms with E-state index in [0.717, 1.165) is 0 Å². The van der Waals surface area contributed by atoms with Gasteiger partial charge in [-0.3, -0.25) is 9.78 Å². The Balaban J connectivity index is 2.76. The number of rotatable bonds is 2. The number of H-pyrrole nitrogens is 2. The lowest BCUT2D eigenvalue weighted by Crippen LogP contribution is -2.07. The summed E-state index contributed by atoms with van der Waals surface area (Å²) < 4.78 is 18.9. The van der Waals surface area contributed by atoms with Crippen LogP contribution >= 0.6 is 12.2 Å². The first kappa shape index (κ1) is 11.5.